The van der Waals surface area contributed by atoms with Gasteiger partial charge in [-0.05, 0) is 54.3 Å². The first kappa shape index (κ1) is 26.5. The van der Waals surface area contributed by atoms with Crippen LogP contribution in [0.1, 0.15) is 24.0 Å². The molecule has 3 aromatic carbocycles. The highest BCUT2D eigenvalue weighted by Crippen LogP contribution is 2.32. The summed E-state index contributed by atoms with van der Waals surface area (Å²) in [6.07, 6.45) is 0.823. The monoisotopic (exact) mass is 522 g/mol. The summed E-state index contributed by atoms with van der Waals surface area (Å²) in [6, 6.07) is 17.5. The molecule has 4 rings (SSSR count). The molecule has 1 aliphatic rings. The number of fused-ring (bicyclic) bond motifs is 1. The van der Waals surface area contributed by atoms with Crippen LogP contribution in [0.3, 0.4) is 0 Å². The van der Waals surface area contributed by atoms with E-state index >= 15 is 0 Å². The van der Waals surface area contributed by atoms with Gasteiger partial charge in [0.05, 0.1) is 18.0 Å². The maximum atomic E-state index is 14.0. The molecule has 0 aliphatic carbocycles. The van der Waals surface area contributed by atoms with Crippen molar-refractivity contribution in [2.24, 2.45) is 11.1 Å². The molecule has 1 aliphatic heterocycles. The summed E-state index contributed by atoms with van der Waals surface area (Å²) >= 11 is 0. The van der Waals surface area contributed by atoms with Crippen molar-refractivity contribution in [3.05, 3.63) is 77.9 Å². The van der Waals surface area contributed by atoms with E-state index in [9.17, 15) is 18.0 Å². The van der Waals surface area contributed by atoms with E-state index in [0.717, 1.165) is 10.8 Å². The number of hydrogen-bond donors (Lipinski definition) is 4. The third-order valence-electron chi connectivity index (χ3n) is 6.78. The van der Waals surface area contributed by atoms with Crippen LogP contribution in [0, 0.1) is 10.8 Å². The number of nitrogens with one attached hydrogen (secondary N) is 3. The molecule has 9 nitrogen and oxygen atoms in total. The smallest absolute Gasteiger partial charge is 0.320 e. The summed E-state index contributed by atoms with van der Waals surface area (Å²) in [5.41, 5.74) is 5.18. The molecule has 1 heterocycles. The number of esters is 1. The highest BCUT2D eigenvalue weighted by molar-refractivity contribution is 7.89. The number of ether oxygens (including phenoxy) is 1. The first-order valence-corrected chi connectivity index (χ1v) is 13.4. The Morgan fingerprint density at radius 3 is 2.43 bits per heavy atom. The summed E-state index contributed by atoms with van der Waals surface area (Å²) in [4.78, 5) is 26.9. The Labute approximate surface area is 216 Å². The SMILES string of the molecule is COC(=O)C1(C(=O)[C@H](Cc2ccc(C(=N)N)cc2)NS(=O)(=O)c2ccc3ccccc3c2)CCCNC1. The molecule has 1 unspecified atom stereocenters. The molecule has 194 valence electrons. The van der Waals surface area contributed by atoms with Gasteiger partial charge in [-0.25, -0.2) is 13.1 Å². The van der Waals surface area contributed by atoms with Gasteiger partial charge in [-0.15, -0.1) is 0 Å². The Kier molecular flexibility index (Phi) is 7.72. The maximum absolute atomic E-state index is 14.0. The van der Waals surface area contributed by atoms with Gasteiger partial charge < -0.3 is 15.8 Å². The second-order valence-electron chi connectivity index (χ2n) is 9.22. The highest BCUT2D eigenvalue weighted by atomic mass is 32.2. The van der Waals surface area contributed by atoms with Gasteiger partial charge in [0.2, 0.25) is 10.0 Å². The van der Waals surface area contributed by atoms with Gasteiger partial charge in [-0.1, -0.05) is 54.6 Å². The van der Waals surface area contributed by atoms with E-state index in [1.54, 1.807) is 36.4 Å². The fraction of sp³-hybridized carbons (Fsp3) is 0.296. The summed E-state index contributed by atoms with van der Waals surface area (Å²) in [5.74, 6) is -1.34. The molecule has 5 N–H and O–H groups in total. The third kappa shape index (κ3) is 5.56. The van der Waals surface area contributed by atoms with E-state index < -0.39 is 33.2 Å². The number of hydrogen-bond acceptors (Lipinski definition) is 7. The number of methoxy groups -OCH3 is 1. The van der Waals surface area contributed by atoms with Crippen molar-refractivity contribution in [2.75, 3.05) is 20.2 Å². The van der Waals surface area contributed by atoms with Crippen LogP contribution in [0.2, 0.25) is 0 Å². The number of nitrogens with two attached hydrogens (primary N) is 1. The second kappa shape index (κ2) is 10.8. The first-order valence-electron chi connectivity index (χ1n) is 11.9. The van der Waals surface area contributed by atoms with Crippen molar-refractivity contribution >= 4 is 38.4 Å². The molecule has 0 spiro atoms. The lowest BCUT2D eigenvalue weighted by Gasteiger charge is -2.36. The normalized spacial score (nSPS) is 18.7. The third-order valence-corrected chi connectivity index (χ3v) is 8.25. The molecule has 2 atom stereocenters. The Bertz CT molecular complexity index is 1430. The summed E-state index contributed by atoms with van der Waals surface area (Å²) in [5, 5.41) is 12.3. The molecule has 37 heavy (non-hydrogen) atoms. The molecular weight excluding hydrogens is 492 g/mol. The molecule has 0 radical (unpaired) electrons. The van der Waals surface area contributed by atoms with Gasteiger partial charge >= 0.3 is 5.97 Å². The highest BCUT2D eigenvalue weighted by Gasteiger charge is 2.50. The maximum Gasteiger partial charge on any atom is 0.320 e. The van der Waals surface area contributed by atoms with Gasteiger partial charge in [0.25, 0.3) is 0 Å². The average Bonchev–Trinajstić information content (AvgIpc) is 2.92. The number of benzene rings is 3. The molecule has 0 saturated carbocycles. The first-order chi connectivity index (χ1) is 17.7. The van der Waals surface area contributed by atoms with Crippen molar-refractivity contribution in [2.45, 2.75) is 30.2 Å². The number of sulfonamides is 1. The van der Waals surface area contributed by atoms with Gasteiger partial charge in [0.15, 0.2) is 5.78 Å². The molecule has 10 heteroatoms. The van der Waals surface area contributed by atoms with Crippen LogP contribution in [0.25, 0.3) is 10.8 Å². The number of piperidine rings is 1. The van der Waals surface area contributed by atoms with Crippen LogP contribution < -0.4 is 15.8 Å². The minimum absolute atomic E-state index is 0.00255. The van der Waals surface area contributed by atoms with Crippen LogP contribution in [-0.2, 0) is 30.8 Å². The Morgan fingerprint density at radius 1 is 1.11 bits per heavy atom. The minimum Gasteiger partial charge on any atom is -0.468 e. The molecule has 3 aromatic rings. The number of carbonyl (C=O) groups excluding carboxylic acids is 2. The van der Waals surface area contributed by atoms with E-state index in [1.807, 2.05) is 24.3 Å². The van der Waals surface area contributed by atoms with E-state index in [4.69, 9.17) is 15.9 Å². The van der Waals surface area contributed by atoms with E-state index in [1.165, 1.54) is 13.2 Å². The number of amidine groups is 1. The fourth-order valence-electron chi connectivity index (χ4n) is 4.75. The summed E-state index contributed by atoms with van der Waals surface area (Å²) in [7, 11) is -2.91. The lowest BCUT2D eigenvalue weighted by atomic mass is 9.73. The minimum atomic E-state index is -4.13. The molecular formula is C27H30N4O5S. The Hall–Kier alpha value is -3.60. The predicted octanol–water partition coefficient (Wildman–Crippen LogP) is 2.13. The largest absolute Gasteiger partial charge is 0.468 e. The zero-order chi connectivity index (χ0) is 26.6. The number of nitrogen functional groups attached to an aromatic ring is 1. The lowest BCUT2D eigenvalue weighted by molar-refractivity contribution is -0.160. The number of ketones is 1. The summed E-state index contributed by atoms with van der Waals surface area (Å²) < 4.78 is 34.6. The fourth-order valence-corrected chi connectivity index (χ4v) is 5.98. The van der Waals surface area contributed by atoms with E-state index in [2.05, 4.69) is 10.0 Å². The van der Waals surface area contributed by atoms with Crippen LogP contribution in [0.15, 0.2) is 71.6 Å². The number of carbonyl (C=O) groups is 2. The zero-order valence-electron chi connectivity index (χ0n) is 20.5. The van der Waals surface area contributed by atoms with Crippen LogP contribution in [0.4, 0.5) is 0 Å². The van der Waals surface area contributed by atoms with Crippen LogP contribution in [-0.4, -0.2) is 52.2 Å². The van der Waals surface area contributed by atoms with Crippen molar-refractivity contribution in [1.82, 2.24) is 10.0 Å². The quantitative estimate of drug-likeness (QED) is 0.145. The average molecular weight is 523 g/mol. The number of rotatable bonds is 9. The lowest BCUT2D eigenvalue weighted by Crippen LogP contribution is -2.58. The van der Waals surface area contributed by atoms with E-state index in [-0.39, 0.29) is 30.1 Å². The Morgan fingerprint density at radius 2 is 1.81 bits per heavy atom. The zero-order valence-corrected chi connectivity index (χ0v) is 21.3. The topological polar surface area (TPSA) is 151 Å². The van der Waals surface area contributed by atoms with Crippen LogP contribution in [0.5, 0.6) is 0 Å². The Balaban J connectivity index is 1.72. The van der Waals surface area contributed by atoms with Gasteiger partial charge in [-0.2, -0.15) is 0 Å². The summed E-state index contributed by atoms with van der Waals surface area (Å²) in [6.45, 7) is 0.710. The van der Waals surface area contributed by atoms with Crippen molar-refractivity contribution in [3.63, 3.8) is 0 Å². The standard InChI is InChI=1S/C27H30N4O5S/c1-36-26(33)27(13-4-14-30-17-27)24(32)23(15-18-7-9-20(10-8-18)25(28)29)31-37(34,35)22-12-11-19-5-2-3-6-21(19)16-22/h2-3,5-12,16,23,30-31H,4,13-15,17H2,1H3,(H3,28,29)/t23-,27?/m0/s1. The molecule has 0 aromatic heterocycles. The van der Waals surface area contributed by atoms with Crippen molar-refractivity contribution in [3.8, 4) is 0 Å². The van der Waals surface area contributed by atoms with Gasteiger partial charge in [0.1, 0.15) is 11.3 Å². The predicted molar refractivity (Wildman–Crippen MR) is 141 cm³/mol. The van der Waals surface area contributed by atoms with Crippen molar-refractivity contribution in [1.29, 1.82) is 5.41 Å². The molecule has 0 bridgehead atoms. The van der Waals surface area contributed by atoms with Gasteiger partial charge in [-0.3, -0.25) is 15.0 Å². The second-order valence-corrected chi connectivity index (χ2v) is 10.9. The molecule has 0 amide bonds. The van der Waals surface area contributed by atoms with Crippen molar-refractivity contribution < 1.29 is 22.7 Å². The van der Waals surface area contributed by atoms with Crippen LogP contribution >= 0.6 is 0 Å². The molecule has 1 saturated heterocycles. The van der Waals surface area contributed by atoms with Gasteiger partial charge in [0, 0.05) is 12.1 Å². The number of Topliss-reactive ketones (excluding diaryl/α,β-unsaturated/α-hetero) is 1. The van der Waals surface area contributed by atoms with E-state index in [0.29, 0.717) is 24.1 Å². The molecule has 1 fully saturated rings.